The zero-order valence-corrected chi connectivity index (χ0v) is 49.8. The number of para-hydroxylation sites is 3. The second kappa shape index (κ2) is 27.8. The van der Waals surface area contributed by atoms with Gasteiger partial charge in [-0.3, -0.25) is 29.9 Å². The Bertz CT molecular complexity index is 4020. The van der Waals surface area contributed by atoms with Crippen LogP contribution in [0.5, 0.6) is 17.2 Å². The highest BCUT2D eigenvalue weighted by Gasteiger charge is 2.27. The molecule has 0 unspecified atom stereocenters. The number of esters is 3. The first-order chi connectivity index (χ1) is 44.7. The lowest BCUT2D eigenvalue weighted by Crippen LogP contribution is -2.11. The molecule has 91 heavy (non-hydrogen) atoms. The van der Waals surface area contributed by atoms with Crippen LogP contribution in [0.4, 0.5) is 0 Å². The molecule has 6 heterocycles. The second-order valence-corrected chi connectivity index (χ2v) is 21.1. The fourth-order valence-electron chi connectivity index (χ4n) is 10.4. The van der Waals surface area contributed by atoms with E-state index in [0.717, 1.165) is 66.8 Å². The monoisotopic (exact) mass is 1200 g/mol. The Labute approximate surface area is 525 Å². The molecule has 12 rings (SSSR count). The summed E-state index contributed by atoms with van der Waals surface area (Å²) < 4.78 is 34.9. The molecule has 446 valence electrons. The topological polar surface area (TPSA) is 184 Å². The molecule has 12 aromatic rings. The van der Waals surface area contributed by atoms with E-state index in [1.165, 1.54) is 21.3 Å². The van der Waals surface area contributed by atoms with Crippen LogP contribution in [-0.2, 0) is 34.0 Å². The maximum Gasteiger partial charge on any atom is 0.337 e. The molecule has 0 saturated carbocycles. The van der Waals surface area contributed by atoms with E-state index < -0.39 is 5.92 Å². The number of hydrogen-bond acceptors (Lipinski definition) is 15. The first-order valence-corrected chi connectivity index (χ1v) is 29.1. The number of benzene rings is 6. The maximum atomic E-state index is 12.0. The van der Waals surface area contributed by atoms with E-state index >= 15 is 0 Å². The van der Waals surface area contributed by atoms with E-state index in [9.17, 15) is 14.4 Å². The molecule has 0 radical (unpaired) electrons. The molecule has 15 heteroatoms. The third-order valence-corrected chi connectivity index (χ3v) is 15.3. The molecule has 0 atom stereocenters. The molecule has 0 bridgehead atoms. The van der Waals surface area contributed by atoms with Crippen molar-refractivity contribution in [3.05, 3.63) is 306 Å². The second-order valence-electron chi connectivity index (χ2n) is 21.1. The van der Waals surface area contributed by atoms with Crippen LogP contribution in [0.3, 0.4) is 0 Å². The Kier molecular flexibility index (Phi) is 18.1. The summed E-state index contributed by atoms with van der Waals surface area (Å²) in [6.07, 6.45) is 10.8. The maximum absolute atomic E-state index is 12.0. The van der Waals surface area contributed by atoms with E-state index in [2.05, 4.69) is 18.2 Å². The van der Waals surface area contributed by atoms with Gasteiger partial charge in [0.1, 0.15) is 37.1 Å². The number of methoxy groups -OCH3 is 3. The Hall–Kier alpha value is -12.0. The summed E-state index contributed by atoms with van der Waals surface area (Å²) in [5.74, 6) is 0.366. The molecule has 15 nitrogen and oxygen atoms in total. The number of carbonyl (C=O) groups is 3. The molecule has 0 aliphatic rings. The molecule has 0 aliphatic carbocycles. The zero-order chi connectivity index (χ0) is 62.5. The number of ether oxygens (including phenoxy) is 6. The minimum absolute atomic E-state index is 0.227. The predicted molar refractivity (Wildman–Crippen MR) is 346 cm³/mol. The highest BCUT2D eigenvalue weighted by Crippen LogP contribution is 2.45. The van der Waals surface area contributed by atoms with Crippen LogP contribution in [0.2, 0.25) is 0 Å². The van der Waals surface area contributed by atoms with Crippen LogP contribution in [0.1, 0.15) is 70.4 Å². The van der Waals surface area contributed by atoms with Gasteiger partial charge in [-0.15, -0.1) is 0 Å². The summed E-state index contributed by atoms with van der Waals surface area (Å²) >= 11 is 0. The fourth-order valence-corrected chi connectivity index (χ4v) is 10.4. The minimum atomic E-state index is -0.454. The summed E-state index contributed by atoms with van der Waals surface area (Å²) in [7, 11) is 4.09. The average molecular weight is 1200 g/mol. The van der Waals surface area contributed by atoms with Gasteiger partial charge in [0.25, 0.3) is 0 Å². The average Bonchev–Trinajstić information content (AvgIpc) is 1.16. The van der Waals surface area contributed by atoms with E-state index in [1.807, 2.05) is 164 Å². The van der Waals surface area contributed by atoms with Crippen LogP contribution in [0, 0.1) is 0 Å². The van der Waals surface area contributed by atoms with E-state index in [1.54, 1.807) is 73.6 Å². The van der Waals surface area contributed by atoms with Crippen LogP contribution in [0.15, 0.2) is 256 Å². The molecule has 0 amide bonds. The van der Waals surface area contributed by atoms with Crippen LogP contribution >= 0.6 is 0 Å². The third-order valence-electron chi connectivity index (χ3n) is 15.3. The Morgan fingerprint density at radius 2 is 0.527 bits per heavy atom. The summed E-state index contributed by atoms with van der Waals surface area (Å²) in [6, 6.07) is 69.2. The quantitative estimate of drug-likeness (QED) is 0.0376. The van der Waals surface area contributed by atoms with Gasteiger partial charge in [-0.2, -0.15) is 0 Å². The first kappa shape index (κ1) is 59.4. The summed E-state index contributed by atoms with van der Waals surface area (Å²) in [6.45, 7) is 0.682. The molecule has 6 aromatic heterocycles. The van der Waals surface area contributed by atoms with Crippen molar-refractivity contribution in [2.75, 3.05) is 21.3 Å². The third kappa shape index (κ3) is 13.9. The minimum Gasteiger partial charge on any atom is -0.489 e. The number of rotatable bonds is 21. The van der Waals surface area contributed by atoms with Crippen molar-refractivity contribution in [3.8, 4) is 84.8 Å². The lowest BCUT2D eigenvalue weighted by atomic mass is 9.83. The molecule has 0 saturated heterocycles. The lowest BCUT2D eigenvalue weighted by Gasteiger charge is -2.26. The van der Waals surface area contributed by atoms with Crippen LogP contribution < -0.4 is 14.2 Å². The van der Waals surface area contributed by atoms with Gasteiger partial charge in [0, 0.05) is 93.2 Å². The summed E-state index contributed by atoms with van der Waals surface area (Å²) in [5, 5.41) is 0. The summed E-state index contributed by atoms with van der Waals surface area (Å²) in [5.41, 5.74) is 16.4. The smallest absolute Gasteiger partial charge is 0.337 e. The molecule has 6 aromatic carbocycles. The van der Waals surface area contributed by atoms with Crippen molar-refractivity contribution in [2.45, 2.75) is 25.7 Å². The SMILES string of the molecule is COC(=O)c1ccc(-c2ccc(-c3ccc(COc4ccccc4C(c4ccccc4OCc4ccc(-c5ccc(-c6ccc(C(=O)OC)cc6)cn5)nc4)c4ccccc4OCc4ccc(-c5ccc(-c6ccc(C(=O)OC)cc6)cn5)nc4)cn3)nc2)cc1. The molecule has 0 fully saturated rings. The standard InChI is InChI=1S/C76H58N6O9/c1-86-74(83)55-25-19-52(20-26-55)58-31-37-67(80-43-58)64-34-16-49(40-77-64)46-89-70-13-7-4-10-61(70)73(62-11-5-8-14-71(62)90-47-50-17-35-65(78-41-50)68-38-32-59(44-81-68)53-21-27-56(28-22-53)75(84)87-2)63-12-6-9-15-72(63)91-48-51-18-36-66(79-42-51)69-39-33-60(45-82-69)54-23-29-57(30-24-54)76(85)88-3/h4-45,73H,46-48H2,1-3H3. The molecule has 0 N–H and O–H groups in total. The van der Waals surface area contributed by atoms with Crippen molar-refractivity contribution >= 4 is 17.9 Å². The lowest BCUT2D eigenvalue weighted by molar-refractivity contribution is 0.0592. The Morgan fingerprint density at radius 3 is 0.758 bits per heavy atom. The van der Waals surface area contributed by atoms with Crippen molar-refractivity contribution in [1.29, 1.82) is 0 Å². The van der Waals surface area contributed by atoms with Gasteiger partial charge in [-0.25, -0.2) is 14.4 Å². The van der Waals surface area contributed by atoms with Gasteiger partial charge in [-0.05, 0) is 108 Å². The van der Waals surface area contributed by atoms with Gasteiger partial charge in [0.15, 0.2) is 0 Å². The number of nitrogens with zero attached hydrogens (tertiary/aromatic N) is 6. The number of carbonyl (C=O) groups excluding carboxylic acids is 3. The fraction of sp³-hybridized carbons (Fsp3) is 0.0921. The van der Waals surface area contributed by atoms with Crippen LogP contribution in [-0.4, -0.2) is 69.1 Å². The Morgan fingerprint density at radius 1 is 0.286 bits per heavy atom. The highest BCUT2D eigenvalue weighted by atomic mass is 16.5. The van der Waals surface area contributed by atoms with Crippen molar-refractivity contribution in [2.24, 2.45) is 0 Å². The number of hydrogen-bond donors (Lipinski definition) is 0. The summed E-state index contributed by atoms with van der Waals surface area (Å²) in [4.78, 5) is 64.4. The van der Waals surface area contributed by atoms with Gasteiger partial charge >= 0.3 is 17.9 Å². The van der Waals surface area contributed by atoms with Crippen molar-refractivity contribution < 1.29 is 42.8 Å². The molecular weight excluding hydrogens is 1140 g/mol. The van der Waals surface area contributed by atoms with Gasteiger partial charge < -0.3 is 28.4 Å². The Balaban J connectivity index is 0.784. The van der Waals surface area contributed by atoms with E-state index in [-0.39, 0.29) is 37.7 Å². The van der Waals surface area contributed by atoms with Crippen LogP contribution in [0.25, 0.3) is 67.5 Å². The highest BCUT2D eigenvalue weighted by molar-refractivity contribution is 5.91. The van der Waals surface area contributed by atoms with Gasteiger partial charge in [-0.1, -0.05) is 127 Å². The van der Waals surface area contributed by atoms with E-state index in [4.69, 9.17) is 58.3 Å². The van der Waals surface area contributed by atoms with Gasteiger partial charge in [0.2, 0.25) is 0 Å². The number of pyridine rings is 6. The molecule has 0 aliphatic heterocycles. The zero-order valence-electron chi connectivity index (χ0n) is 49.8. The van der Waals surface area contributed by atoms with Crippen molar-refractivity contribution in [1.82, 2.24) is 29.9 Å². The van der Waals surface area contributed by atoms with Gasteiger partial charge in [0.05, 0.1) is 72.2 Å². The normalized spacial score (nSPS) is 10.9. The van der Waals surface area contributed by atoms with E-state index in [0.29, 0.717) is 68.1 Å². The van der Waals surface area contributed by atoms with Crippen molar-refractivity contribution in [3.63, 3.8) is 0 Å². The molecular formula is C76H58N6O9. The largest absolute Gasteiger partial charge is 0.489 e. The molecule has 0 spiro atoms. The number of aromatic nitrogens is 6. The predicted octanol–water partition coefficient (Wildman–Crippen LogP) is 15.3. The first-order valence-electron chi connectivity index (χ1n) is 29.1.